The second kappa shape index (κ2) is 5.44. The summed E-state index contributed by atoms with van der Waals surface area (Å²) in [5.41, 5.74) is 1.05. The van der Waals surface area contributed by atoms with Crippen LogP contribution in [-0.4, -0.2) is 6.04 Å². The Bertz CT molecular complexity index is 331. The lowest BCUT2D eigenvalue weighted by atomic mass is 9.94. The second-order valence-corrected chi connectivity index (χ2v) is 4.78. The van der Waals surface area contributed by atoms with Crippen LogP contribution in [0.1, 0.15) is 50.6 Å². The Balaban J connectivity index is 1.94. The molecule has 1 saturated carbocycles. The van der Waals surface area contributed by atoms with Gasteiger partial charge in [-0.2, -0.15) is 0 Å². The van der Waals surface area contributed by atoms with Crippen molar-refractivity contribution in [2.75, 3.05) is 0 Å². The van der Waals surface area contributed by atoms with E-state index < -0.39 is 0 Å². The topological polar surface area (TPSA) is 12.0 Å². The molecule has 0 heterocycles. The third kappa shape index (κ3) is 3.05. The highest BCUT2D eigenvalue weighted by molar-refractivity contribution is 5.19. The Hall–Kier alpha value is -0.890. The normalized spacial score (nSPS) is 19.6. The second-order valence-electron chi connectivity index (χ2n) is 4.78. The van der Waals surface area contributed by atoms with Crippen molar-refractivity contribution in [3.8, 4) is 0 Å². The first-order valence-electron chi connectivity index (χ1n) is 6.27. The molecule has 0 saturated heterocycles. The maximum Gasteiger partial charge on any atom is 0.123 e. The van der Waals surface area contributed by atoms with Gasteiger partial charge in [-0.3, -0.25) is 0 Å². The van der Waals surface area contributed by atoms with Crippen LogP contribution >= 0.6 is 0 Å². The summed E-state index contributed by atoms with van der Waals surface area (Å²) in [6.07, 6.45) is 6.55. The molecule has 0 unspecified atom stereocenters. The van der Waals surface area contributed by atoms with E-state index in [2.05, 4.69) is 12.2 Å². The van der Waals surface area contributed by atoms with Gasteiger partial charge in [-0.15, -0.1) is 0 Å². The maximum absolute atomic E-state index is 13.1. The molecule has 1 aliphatic rings. The lowest BCUT2D eigenvalue weighted by molar-refractivity contribution is 0.346. The van der Waals surface area contributed by atoms with Crippen molar-refractivity contribution in [3.05, 3.63) is 35.6 Å². The van der Waals surface area contributed by atoms with Crippen LogP contribution in [0.15, 0.2) is 24.3 Å². The van der Waals surface area contributed by atoms with Crippen molar-refractivity contribution in [1.29, 1.82) is 0 Å². The fourth-order valence-corrected chi connectivity index (χ4v) is 2.49. The molecule has 2 rings (SSSR count). The predicted molar refractivity (Wildman–Crippen MR) is 64.8 cm³/mol. The zero-order valence-electron chi connectivity index (χ0n) is 9.88. The van der Waals surface area contributed by atoms with Crippen LogP contribution in [0, 0.1) is 5.82 Å². The Morgan fingerprint density at radius 3 is 2.69 bits per heavy atom. The lowest BCUT2D eigenvalue weighted by Crippen LogP contribution is -2.33. The first-order chi connectivity index (χ1) is 7.75. The van der Waals surface area contributed by atoms with Crippen LogP contribution < -0.4 is 5.32 Å². The summed E-state index contributed by atoms with van der Waals surface area (Å²) in [5, 5.41) is 3.60. The van der Waals surface area contributed by atoms with Crippen LogP contribution in [0.25, 0.3) is 0 Å². The van der Waals surface area contributed by atoms with Crippen molar-refractivity contribution in [2.24, 2.45) is 0 Å². The first kappa shape index (κ1) is 11.6. The summed E-state index contributed by atoms with van der Waals surface area (Å²) >= 11 is 0. The molecule has 1 aliphatic carbocycles. The van der Waals surface area contributed by atoms with Gasteiger partial charge in [0.2, 0.25) is 0 Å². The average molecular weight is 221 g/mol. The van der Waals surface area contributed by atoms with E-state index in [-0.39, 0.29) is 11.9 Å². The van der Waals surface area contributed by atoms with Crippen LogP contribution in [0.4, 0.5) is 4.39 Å². The summed E-state index contributed by atoms with van der Waals surface area (Å²) in [4.78, 5) is 0. The van der Waals surface area contributed by atoms with Crippen molar-refractivity contribution in [2.45, 2.75) is 51.1 Å². The molecule has 0 amide bonds. The standard InChI is InChI=1S/C14H20FN/c1-11(12-6-5-7-13(15)10-12)16-14-8-3-2-4-9-14/h5-7,10-11,14,16H,2-4,8-9H2,1H3/t11-/m1/s1. The minimum atomic E-state index is -0.144. The van der Waals surface area contributed by atoms with Crippen molar-refractivity contribution in [1.82, 2.24) is 5.32 Å². The lowest BCUT2D eigenvalue weighted by Gasteiger charge is -2.26. The molecule has 0 spiro atoms. The molecule has 1 aromatic rings. The number of halogens is 1. The molecular weight excluding hydrogens is 201 g/mol. The molecule has 2 heteroatoms. The molecule has 16 heavy (non-hydrogen) atoms. The summed E-state index contributed by atoms with van der Waals surface area (Å²) in [7, 11) is 0. The molecule has 0 bridgehead atoms. The van der Waals surface area contributed by atoms with Gasteiger partial charge >= 0.3 is 0 Å². The van der Waals surface area contributed by atoms with Gasteiger partial charge in [0.1, 0.15) is 5.82 Å². The minimum Gasteiger partial charge on any atom is -0.307 e. The molecule has 0 aliphatic heterocycles. The van der Waals surface area contributed by atoms with E-state index in [1.165, 1.54) is 38.2 Å². The third-order valence-electron chi connectivity index (χ3n) is 3.44. The SMILES string of the molecule is C[C@@H](NC1CCCCC1)c1cccc(F)c1. The van der Waals surface area contributed by atoms with Crippen LogP contribution in [-0.2, 0) is 0 Å². The molecule has 1 N–H and O–H groups in total. The van der Waals surface area contributed by atoms with Gasteiger partial charge in [0.05, 0.1) is 0 Å². The molecule has 1 aromatic carbocycles. The number of benzene rings is 1. The zero-order valence-corrected chi connectivity index (χ0v) is 9.88. The van der Waals surface area contributed by atoms with Gasteiger partial charge in [-0.25, -0.2) is 4.39 Å². The molecule has 0 radical (unpaired) electrons. The Morgan fingerprint density at radius 2 is 2.00 bits per heavy atom. The number of hydrogen-bond donors (Lipinski definition) is 1. The van der Waals surface area contributed by atoms with Crippen molar-refractivity contribution in [3.63, 3.8) is 0 Å². The third-order valence-corrected chi connectivity index (χ3v) is 3.44. The largest absolute Gasteiger partial charge is 0.307 e. The van der Waals surface area contributed by atoms with E-state index in [0.29, 0.717) is 6.04 Å². The number of rotatable bonds is 3. The fraction of sp³-hybridized carbons (Fsp3) is 0.571. The Labute approximate surface area is 97.1 Å². The highest BCUT2D eigenvalue weighted by Crippen LogP contribution is 2.21. The van der Waals surface area contributed by atoms with Gasteiger partial charge in [0, 0.05) is 12.1 Å². The summed E-state index contributed by atoms with van der Waals surface area (Å²) in [6.45, 7) is 2.11. The van der Waals surface area contributed by atoms with Crippen molar-refractivity contribution < 1.29 is 4.39 Å². The summed E-state index contributed by atoms with van der Waals surface area (Å²) in [5.74, 6) is -0.144. The van der Waals surface area contributed by atoms with E-state index in [4.69, 9.17) is 0 Å². The van der Waals surface area contributed by atoms with E-state index in [0.717, 1.165) is 5.56 Å². The molecule has 1 fully saturated rings. The molecule has 1 nitrogen and oxygen atoms in total. The zero-order chi connectivity index (χ0) is 11.4. The molecule has 88 valence electrons. The smallest absolute Gasteiger partial charge is 0.123 e. The highest BCUT2D eigenvalue weighted by Gasteiger charge is 2.16. The van der Waals surface area contributed by atoms with E-state index in [9.17, 15) is 4.39 Å². The van der Waals surface area contributed by atoms with Crippen LogP contribution in [0.5, 0.6) is 0 Å². The molecule has 0 aromatic heterocycles. The molecule has 1 atom stereocenters. The van der Waals surface area contributed by atoms with Crippen molar-refractivity contribution >= 4 is 0 Å². The van der Waals surface area contributed by atoms with E-state index in [1.54, 1.807) is 12.1 Å². The number of nitrogens with one attached hydrogen (secondary N) is 1. The summed E-state index contributed by atoms with van der Waals surface area (Å²) in [6, 6.07) is 7.76. The summed E-state index contributed by atoms with van der Waals surface area (Å²) < 4.78 is 13.1. The van der Waals surface area contributed by atoms with Gasteiger partial charge < -0.3 is 5.32 Å². The fourth-order valence-electron chi connectivity index (χ4n) is 2.49. The van der Waals surface area contributed by atoms with Gasteiger partial charge in [0.15, 0.2) is 0 Å². The number of hydrogen-bond acceptors (Lipinski definition) is 1. The van der Waals surface area contributed by atoms with Crippen LogP contribution in [0.3, 0.4) is 0 Å². The first-order valence-corrected chi connectivity index (χ1v) is 6.27. The minimum absolute atomic E-state index is 0.144. The van der Waals surface area contributed by atoms with E-state index >= 15 is 0 Å². The average Bonchev–Trinajstić information content (AvgIpc) is 2.30. The van der Waals surface area contributed by atoms with Gasteiger partial charge in [-0.1, -0.05) is 31.4 Å². The predicted octanol–water partition coefficient (Wildman–Crippen LogP) is 3.81. The monoisotopic (exact) mass is 221 g/mol. The van der Waals surface area contributed by atoms with E-state index in [1.807, 2.05) is 6.07 Å². The molecular formula is C14H20FN. The Morgan fingerprint density at radius 1 is 1.25 bits per heavy atom. The quantitative estimate of drug-likeness (QED) is 0.818. The Kier molecular flexibility index (Phi) is 3.94. The highest BCUT2D eigenvalue weighted by atomic mass is 19.1. The van der Waals surface area contributed by atoms with Crippen LogP contribution in [0.2, 0.25) is 0 Å². The van der Waals surface area contributed by atoms with Gasteiger partial charge in [0.25, 0.3) is 0 Å². The van der Waals surface area contributed by atoms with Gasteiger partial charge in [-0.05, 0) is 37.5 Å². The maximum atomic E-state index is 13.1.